The van der Waals surface area contributed by atoms with E-state index in [0.29, 0.717) is 34.0 Å². The normalized spacial score (nSPS) is 10.0. The Morgan fingerprint density at radius 1 is 1.19 bits per heavy atom. The van der Waals surface area contributed by atoms with Crippen LogP contribution in [-0.4, -0.2) is 13.2 Å². The molecule has 21 heavy (non-hydrogen) atoms. The molecule has 2 aromatic rings. The molecule has 0 aliphatic heterocycles. The van der Waals surface area contributed by atoms with E-state index in [1.54, 1.807) is 12.1 Å². The summed E-state index contributed by atoms with van der Waals surface area (Å²) in [4.78, 5) is 0. The van der Waals surface area contributed by atoms with Crippen LogP contribution in [0.1, 0.15) is 11.1 Å². The van der Waals surface area contributed by atoms with Crippen LogP contribution >= 0.6 is 27.5 Å². The predicted molar refractivity (Wildman–Crippen MR) is 86.0 cm³/mol. The minimum atomic E-state index is 0.336. The number of nitriles is 1. The van der Waals surface area contributed by atoms with Crippen molar-refractivity contribution in [2.24, 2.45) is 0 Å². The lowest BCUT2D eigenvalue weighted by Gasteiger charge is -2.11. The van der Waals surface area contributed by atoms with E-state index in [2.05, 4.69) is 22.0 Å². The van der Waals surface area contributed by atoms with Crippen molar-refractivity contribution in [3.63, 3.8) is 0 Å². The Hall–Kier alpha value is -1.70. The summed E-state index contributed by atoms with van der Waals surface area (Å²) in [5.41, 5.74) is 1.53. The number of ether oxygens (including phenoxy) is 2. The van der Waals surface area contributed by atoms with E-state index in [9.17, 15) is 0 Å². The molecule has 0 radical (unpaired) electrons. The lowest BCUT2D eigenvalue weighted by molar-refractivity contribution is 0.216. The molecule has 0 unspecified atom stereocenters. The quantitative estimate of drug-likeness (QED) is 0.718. The van der Waals surface area contributed by atoms with Crippen LogP contribution in [-0.2, 0) is 0 Å². The molecule has 3 nitrogen and oxygen atoms in total. The van der Waals surface area contributed by atoms with Crippen LogP contribution in [0.2, 0.25) is 5.02 Å². The second-order valence-corrected chi connectivity index (χ2v) is 5.68. The molecular formula is C16H13BrClNO2. The van der Waals surface area contributed by atoms with Crippen molar-refractivity contribution in [2.75, 3.05) is 13.2 Å². The molecule has 0 fully saturated rings. The molecular weight excluding hydrogens is 354 g/mol. The maximum Gasteiger partial charge on any atom is 0.151 e. The average Bonchev–Trinajstić information content (AvgIpc) is 2.44. The maximum atomic E-state index is 9.09. The number of hydrogen-bond donors (Lipinski definition) is 0. The van der Waals surface area contributed by atoms with Crippen LogP contribution in [0, 0.1) is 18.3 Å². The molecule has 0 amide bonds. The highest BCUT2D eigenvalue weighted by Gasteiger charge is 2.10. The van der Waals surface area contributed by atoms with Gasteiger partial charge in [0.15, 0.2) is 5.75 Å². The van der Waals surface area contributed by atoms with Crippen molar-refractivity contribution in [2.45, 2.75) is 6.92 Å². The van der Waals surface area contributed by atoms with E-state index in [0.717, 1.165) is 11.3 Å². The average molecular weight is 367 g/mol. The molecule has 0 spiro atoms. The minimum Gasteiger partial charge on any atom is -0.490 e. The smallest absolute Gasteiger partial charge is 0.151 e. The Kier molecular flexibility index (Phi) is 5.49. The van der Waals surface area contributed by atoms with E-state index < -0.39 is 0 Å². The van der Waals surface area contributed by atoms with Gasteiger partial charge in [-0.1, -0.05) is 23.7 Å². The van der Waals surface area contributed by atoms with E-state index in [4.69, 9.17) is 26.3 Å². The first-order valence-corrected chi connectivity index (χ1v) is 7.48. The van der Waals surface area contributed by atoms with Crippen LogP contribution < -0.4 is 9.47 Å². The summed E-state index contributed by atoms with van der Waals surface area (Å²) in [5.74, 6) is 1.28. The molecule has 0 atom stereocenters. The first kappa shape index (κ1) is 15.7. The summed E-state index contributed by atoms with van der Waals surface area (Å²) in [7, 11) is 0. The second kappa shape index (κ2) is 7.35. The Morgan fingerprint density at radius 3 is 2.67 bits per heavy atom. The summed E-state index contributed by atoms with van der Waals surface area (Å²) in [5, 5.41) is 9.58. The van der Waals surface area contributed by atoms with Gasteiger partial charge in [-0.2, -0.15) is 5.26 Å². The third-order valence-corrected chi connectivity index (χ3v) is 3.52. The molecule has 0 saturated heterocycles. The first-order valence-electron chi connectivity index (χ1n) is 6.31. The molecule has 5 heteroatoms. The molecule has 2 rings (SSSR count). The minimum absolute atomic E-state index is 0.336. The number of benzene rings is 2. The van der Waals surface area contributed by atoms with E-state index in [-0.39, 0.29) is 0 Å². The molecule has 0 heterocycles. The third kappa shape index (κ3) is 4.38. The van der Waals surface area contributed by atoms with Gasteiger partial charge in [0.1, 0.15) is 25.0 Å². The monoisotopic (exact) mass is 365 g/mol. The van der Waals surface area contributed by atoms with Crippen molar-refractivity contribution in [1.82, 2.24) is 0 Å². The van der Waals surface area contributed by atoms with E-state index in [1.807, 2.05) is 31.2 Å². The summed E-state index contributed by atoms with van der Waals surface area (Å²) in [6.07, 6.45) is 0. The number of rotatable bonds is 5. The van der Waals surface area contributed by atoms with Gasteiger partial charge in [-0.05, 0) is 52.7 Å². The fourth-order valence-electron chi connectivity index (χ4n) is 1.80. The SMILES string of the molecule is Cc1cccc(OCCOc2c(Br)cc(Cl)cc2C#N)c1. The molecule has 0 aliphatic carbocycles. The van der Waals surface area contributed by atoms with Crippen LogP contribution in [0.5, 0.6) is 11.5 Å². The molecule has 108 valence electrons. The standard InChI is InChI=1S/C16H13BrClNO2/c1-11-3-2-4-14(7-11)20-5-6-21-16-12(10-19)8-13(18)9-15(16)17/h2-4,7-9H,5-6H2,1H3. The summed E-state index contributed by atoms with van der Waals surface area (Å²) >= 11 is 9.24. The topological polar surface area (TPSA) is 42.2 Å². The lowest BCUT2D eigenvalue weighted by Crippen LogP contribution is -2.10. The maximum absolute atomic E-state index is 9.09. The van der Waals surface area contributed by atoms with Crippen molar-refractivity contribution >= 4 is 27.5 Å². The summed E-state index contributed by atoms with van der Waals surface area (Å²) < 4.78 is 11.9. The van der Waals surface area contributed by atoms with Gasteiger partial charge in [-0.3, -0.25) is 0 Å². The van der Waals surface area contributed by atoms with Crippen molar-refractivity contribution in [1.29, 1.82) is 5.26 Å². The highest BCUT2D eigenvalue weighted by atomic mass is 79.9. The highest BCUT2D eigenvalue weighted by molar-refractivity contribution is 9.10. The number of nitrogens with zero attached hydrogens (tertiary/aromatic N) is 1. The Labute approximate surface area is 137 Å². The number of halogens is 2. The fourth-order valence-corrected chi connectivity index (χ4v) is 2.72. The lowest BCUT2D eigenvalue weighted by atomic mass is 10.2. The third-order valence-electron chi connectivity index (χ3n) is 2.72. The molecule has 0 N–H and O–H groups in total. The first-order chi connectivity index (χ1) is 10.1. The predicted octanol–water partition coefficient (Wildman–Crippen LogP) is 4.74. The van der Waals surface area contributed by atoms with Crippen LogP contribution in [0.15, 0.2) is 40.9 Å². The van der Waals surface area contributed by atoms with Gasteiger partial charge in [-0.15, -0.1) is 0 Å². The van der Waals surface area contributed by atoms with E-state index >= 15 is 0 Å². The Morgan fingerprint density at radius 2 is 1.95 bits per heavy atom. The van der Waals surface area contributed by atoms with Crippen molar-refractivity contribution in [3.8, 4) is 17.6 Å². The van der Waals surface area contributed by atoms with Gasteiger partial charge in [0.05, 0.1) is 10.0 Å². The summed E-state index contributed by atoms with van der Waals surface area (Å²) in [6.45, 7) is 2.74. The second-order valence-electron chi connectivity index (χ2n) is 4.39. The zero-order valence-electron chi connectivity index (χ0n) is 11.4. The van der Waals surface area contributed by atoms with Gasteiger partial charge in [0.25, 0.3) is 0 Å². The molecule has 0 aromatic heterocycles. The van der Waals surface area contributed by atoms with Gasteiger partial charge in [0, 0.05) is 5.02 Å². The molecule has 2 aromatic carbocycles. The van der Waals surface area contributed by atoms with Gasteiger partial charge < -0.3 is 9.47 Å². The largest absolute Gasteiger partial charge is 0.490 e. The van der Waals surface area contributed by atoms with Gasteiger partial charge in [0.2, 0.25) is 0 Å². The van der Waals surface area contributed by atoms with Crippen molar-refractivity contribution < 1.29 is 9.47 Å². The molecule has 0 saturated carbocycles. The zero-order chi connectivity index (χ0) is 15.2. The fraction of sp³-hybridized carbons (Fsp3) is 0.188. The van der Waals surface area contributed by atoms with Gasteiger partial charge in [-0.25, -0.2) is 0 Å². The van der Waals surface area contributed by atoms with Crippen LogP contribution in [0.3, 0.4) is 0 Å². The van der Waals surface area contributed by atoms with Crippen LogP contribution in [0.4, 0.5) is 0 Å². The Balaban J connectivity index is 1.94. The van der Waals surface area contributed by atoms with Gasteiger partial charge >= 0.3 is 0 Å². The van der Waals surface area contributed by atoms with Crippen molar-refractivity contribution in [3.05, 3.63) is 57.0 Å². The van der Waals surface area contributed by atoms with Crippen LogP contribution in [0.25, 0.3) is 0 Å². The highest BCUT2D eigenvalue weighted by Crippen LogP contribution is 2.32. The molecule has 0 bridgehead atoms. The summed E-state index contributed by atoms with van der Waals surface area (Å²) in [6, 6.07) is 13.1. The Bertz CT molecular complexity index is 682. The zero-order valence-corrected chi connectivity index (χ0v) is 13.7. The molecule has 0 aliphatic rings. The number of aryl methyl sites for hydroxylation is 1. The number of hydrogen-bond acceptors (Lipinski definition) is 3. The van der Waals surface area contributed by atoms with E-state index in [1.165, 1.54) is 0 Å².